The predicted molar refractivity (Wildman–Crippen MR) is 103 cm³/mol. The number of hydrogen-bond donors (Lipinski definition) is 1. The molecular weight excluding hydrogens is 338 g/mol. The van der Waals surface area contributed by atoms with Crippen molar-refractivity contribution in [1.29, 1.82) is 0 Å². The van der Waals surface area contributed by atoms with Crippen LogP contribution in [0.25, 0.3) is 5.69 Å². The van der Waals surface area contributed by atoms with E-state index in [1.54, 1.807) is 4.68 Å². The first-order valence-corrected chi connectivity index (χ1v) is 10.0. The molecule has 0 aliphatic heterocycles. The third-order valence-electron chi connectivity index (χ3n) is 6.74. The summed E-state index contributed by atoms with van der Waals surface area (Å²) in [5.74, 6) is 1.90. The summed E-state index contributed by atoms with van der Waals surface area (Å²) in [7, 11) is 0. The first-order valence-electron chi connectivity index (χ1n) is 10.0. The number of aromatic nitrogens is 2. The van der Waals surface area contributed by atoms with Crippen LogP contribution in [-0.4, -0.2) is 21.2 Å². The smallest absolute Gasteiger partial charge is 0.276 e. The molecule has 2 aromatic rings. The van der Waals surface area contributed by atoms with Crippen molar-refractivity contribution < 1.29 is 4.79 Å². The van der Waals surface area contributed by atoms with Gasteiger partial charge in [0.2, 0.25) is 5.43 Å². The summed E-state index contributed by atoms with van der Waals surface area (Å²) >= 11 is 0. The highest BCUT2D eigenvalue weighted by Gasteiger charge is 2.51. The molecule has 27 heavy (non-hydrogen) atoms. The molecule has 0 atom stereocenters. The zero-order valence-electron chi connectivity index (χ0n) is 15.6. The number of rotatable bonds is 3. The maximum Gasteiger partial charge on any atom is 0.276 e. The SMILES string of the molecule is Cc1cc(=O)c(C(=O)NC23CC4CC(CC(C4)C2)C3)nn1-c1ccccc1. The van der Waals surface area contributed by atoms with Crippen LogP contribution in [0.4, 0.5) is 0 Å². The Hall–Kier alpha value is -2.43. The monoisotopic (exact) mass is 363 g/mol. The average Bonchev–Trinajstić information content (AvgIpc) is 2.60. The molecule has 0 unspecified atom stereocenters. The summed E-state index contributed by atoms with van der Waals surface area (Å²) < 4.78 is 1.68. The molecule has 1 heterocycles. The second-order valence-corrected chi connectivity index (χ2v) is 8.90. The van der Waals surface area contributed by atoms with Crippen molar-refractivity contribution in [3.63, 3.8) is 0 Å². The van der Waals surface area contributed by atoms with Crippen LogP contribution in [0, 0.1) is 24.7 Å². The van der Waals surface area contributed by atoms with Gasteiger partial charge in [-0.1, -0.05) is 18.2 Å². The van der Waals surface area contributed by atoms with Crippen LogP contribution in [0.15, 0.2) is 41.2 Å². The molecule has 4 fully saturated rings. The average molecular weight is 363 g/mol. The maximum absolute atomic E-state index is 13.1. The predicted octanol–water partition coefficient (Wildman–Crippen LogP) is 3.24. The lowest BCUT2D eigenvalue weighted by Gasteiger charge is -2.56. The van der Waals surface area contributed by atoms with Crippen LogP contribution in [0.3, 0.4) is 0 Å². The third kappa shape index (κ3) is 2.89. The third-order valence-corrected chi connectivity index (χ3v) is 6.74. The number of aryl methyl sites for hydroxylation is 1. The number of nitrogens with zero attached hydrogens (tertiary/aromatic N) is 2. The summed E-state index contributed by atoms with van der Waals surface area (Å²) in [6.45, 7) is 1.84. The highest BCUT2D eigenvalue weighted by molar-refractivity contribution is 5.92. The molecule has 1 N–H and O–H groups in total. The molecule has 4 aliphatic carbocycles. The molecule has 1 aromatic heterocycles. The highest BCUT2D eigenvalue weighted by atomic mass is 16.2. The van der Waals surface area contributed by atoms with E-state index in [0.717, 1.165) is 48.4 Å². The van der Waals surface area contributed by atoms with Crippen LogP contribution in [0.5, 0.6) is 0 Å². The Morgan fingerprint density at radius 3 is 2.26 bits per heavy atom. The van der Waals surface area contributed by atoms with Gasteiger partial charge in [-0.2, -0.15) is 5.10 Å². The zero-order valence-corrected chi connectivity index (χ0v) is 15.6. The minimum absolute atomic E-state index is 0.000184. The van der Waals surface area contributed by atoms with E-state index in [9.17, 15) is 9.59 Å². The fraction of sp³-hybridized carbons (Fsp3) is 0.500. The van der Waals surface area contributed by atoms with Gasteiger partial charge in [0.25, 0.3) is 5.91 Å². The van der Waals surface area contributed by atoms with Crippen molar-refractivity contribution in [3.8, 4) is 5.69 Å². The van der Waals surface area contributed by atoms with Gasteiger partial charge in [0, 0.05) is 17.3 Å². The fourth-order valence-corrected chi connectivity index (χ4v) is 6.10. The van der Waals surface area contributed by atoms with E-state index in [4.69, 9.17) is 0 Å². The summed E-state index contributed by atoms with van der Waals surface area (Å²) in [5.41, 5.74) is 1.14. The maximum atomic E-state index is 13.1. The molecule has 6 rings (SSSR count). The number of benzene rings is 1. The number of nitrogens with one attached hydrogen (secondary N) is 1. The van der Waals surface area contributed by atoms with Crippen LogP contribution in [0.2, 0.25) is 0 Å². The van der Waals surface area contributed by atoms with Crippen molar-refractivity contribution in [2.45, 2.75) is 51.0 Å². The standard InChI is InChI=1S/C22H25N3O2/c1-14-7-19(26)20(24-25(14)18-5-3-2-4-6-18)21(27)23-22-11-15-8-16(12-22)10-17(9-15)13-22/h2-7,15-17H,8-13H2,1H3,(H,23,27). The Morgan fingerprint density at radius 2 is 1.67 bits per heavy atom. The first-order chi connectivity index (χ1) is 13.0. The van der Waals surface area contributed by atoms with E-state index in [2.05, 4.69) is 10.4 Å². The lowest BCUT2D eigenvalue weighted by atomic mass is 9.53. The van der Waals surface area contributed by atoms with Crippen LogP contribution in [0.1, 0.15) is 54.7 Å². The molecule has 5 heteroatoms. The largest absolute Gasteiger partial charge is 0.345 e. The molecule has 0 radical (unpaired) electrons. The van der Waals surface area contributed by atoms with Gasteiger partial charge in [-0.25, -0.2) is 4.68 Å². The fourth-order valence-electron chi connectivity index (χ4n) is 6.10. The van der Waals surface area contributed by atoms with Gasteiger partial charge in [0.05, 0.1) is 5.69 Å². The van der Waals surface area contributed by atoms with Gasteiger partial charge >= 0.3 is 0 Å². The minimum Gasteiger partial charge on any atom is -0.345 e. The van der Waals surface area contributed by atoms with E-state index < -0.39 is 0 Å². The van der Waals surface area contributed by atoms with Crippen LogP contribution < -0.4 is 10.7 Å². The van der Waals surface area contributed by atoms with E-state index in [1.807, 2.05) is 37.3 Å². The summed E-state index contributed by atoms with van der Waals surface area (Å²) in [6, 6.07) is 11.1. The van der Waals surface area contributed by atoms with Gasteiger partial charge in [0.1, 0.15) is 0 Å². The lowest BCUT2D eigenvalue weighted by Crippen LogP contribution is -2.60. The summed E-state index contributed by atoms with van der Waals surface area (Å²) in [6.07, 6.45) is 7.13. The molecule has 0 saturated heterocycles. The topological polar surface area (TPSA) is 64.0 Å². The summed E-state index contributed by atoms with van der Waals surface area (Å²) in [5, 5.41) is 7.70. The van der Waals surface area contributed by atoms with Crippen LogP contribution in [-0.2, 0) is 0 Å². The van der Waals surface area contributed by atoms with Crippen molar-refractivity contribution in [1.82, 2.24) is 15.1 Å². The number of carbonyl (C=O) groups is 1. The quantitative estimate of drug-likeness (QED) is 0.910. The Kier molecular flexibility index (Phi) is 3.74. The van der Waals surface area contributed by atoms with E-state index in [0.29, 0.717) is 0 Å². The van der Waals surface area contributed by atoms with Gasteiger partial charge in [0.15, 0.2) is 5.69 Å². The van der Waals surface area contributed by atoms with E-state index >= 15 is 0 Å². The number of para-hydroxylation sites is 1. The number of amides is 1. The normalized spacial score (nSPS) is 31.1. The molecule has 140 valence electrons. The minimum atomic E-state index is -0.313. The number of carbonyl (C=O) groups excluding carboxylic acids is 1. The zero-order chi connectivity index (χ0) is 18.6. The van der Waals surface area contributed by atoms with Crippen LogP contribution >= 0.6 is 0 Å². The Morgan fingerprint density at radius 1 is 1.07 bits per heavy atom. The van der Waals surface area contributed by atoms with E-state index in [1.165, 1.54) is 25.3 Å². The van der Waals surface area contributed by atoms with Crippen molar-refractivity contribution in [2.24, 2.45) is 17.8 Å². The highest BCUT2D eigenvalue weighted by Crippen LogP contribution is 2.55. The van der Waals surface area contributed by atoms with Crippen molar-refractivity contribution in [3.05, 3.63) is 58.0 Å². The van der Waals surface area contributed by atoms with Gasteiger partial charge < -0.3 is 5.32 Å². The Bertz CT molecular complexity index is 912. The first kappa shape index (κ1) is 16.7. The molecule has 1 amide bonds. The molecule has 4 aliphatic rings. The molecule has 1 aromatic carbocycles. The molecule has 5 nitrogen and oxygen atoms in total. The van der Waals surface area contributed by atoms with E-state index in [-0.39, 0.29) is 22.6 Å². The van der Waals surface area contributed by atoms with Crippen molar-refractivity contribution in [2.75, 3.05) is 0 Å². The molecule has 0 spiro atoms. The molecular formula is C22H25N3O2. The number of hydrogen-bond acceptors (Lipinski definition) is 3. The molecule has 4 bridgehead atoms. The van der Waals surface area contributed by atoms with Gasteiger partial charge in [-0.05, 0) is 75.3 Å². The van der Waals surface area contributed by atoms with Gasteiger partial charge in [-0.15, -0.1) is 0 Å². The Labute approximate surface area is 158 Å². The summed E-state index contributed by atoms with van der Waals surface area (Å²) in [4.78, 5) is 25.6. The Balaban J connectivity index is 1.46. The second-order valence-electron chi connectivity index (χ2n) is 8.90. The second kappa shape index (κ2) is 6.04. The van der Waals surface area contributed by atoms with Crippen molar-refractivity contribution >= 4 is 5.91 Å². The molecule has 4 saturated carbocycles. The lowest BCUT2D eigenvalue weighted by molar-refractivity contribution is -0.0168. The van der Waals surface area contributed by atoms with Gasteiger partial charge in [-0.3, -0.25) is 9.59 Å².